The zero-order chi connectivity index (χ0) is 14.5. The number of carbonyl (C=O) groups excluding carboxylic acids is 1. The largest absolute Gasteiger partial charge is 0.497 e. The second-order valence-electron chi connectivity index (χ2n) is 4.45. The molecule has 0 fully saturated rings. The van der Waals surface area contributed by atoms with Gasteiger partial charge >= 0.3 is 0 Å². The molecule has 1 N–H and O–H groups in total. The topological polar surface area (TPSA) is 38.3 Å². The molecule has 0 unspecified atom stereocenters. The summed E-state index contributed by atoms with van der Waals surface area (Å²) in [5.74, 6) is 0.0204. The van der Waals surface area contributed by atoms with Gasteiger partial charge in [0.05, 0.1) is 12.7 Å². The van der Waals surface area contributed by atoms with E-state index in [1.54, 1.807) is 13.2 Å². The third-order valence-electron chi connectivity index (χ3n) is 3.00. The van der Waals surface area contributed by atoms with Crippen LogP contribution in [0.4, 0.5) is 10.1 Å². The summed E-state index contributed by atoms with van der Waals surface area (Å²) in [7, 11) is 1.62. The summed E-state index contributed by atoms with van der Waals surface area (Å²) in [5, 5.41) is 3.11. The Labute approximate surface area is 117 Å². The van der Waals surface area contributed by atoms with Crippen molar-refractivity contribution in [2.24, 2.45) is 0 Å². The molecular weight excluding hydrogens is 257 g/mol. The summed E-state index contributed by atoms with van der Waals surface area (Å²) in [6.45, 7) is 1.92. The lowest BCUT2D eigenvalue weighted by molar-refractivity contribution is 0.101. The molecule has 0 aromatic heterocycles. The van der Waals surface area contributed by atoms with E-state index in [9.17, 15) is 9.18 Å². The number of ketones is 1. The number of rotatable bonds is 5. The van der Waals surface area contributed by atoms with Gasteiger partial charge in [0.1, 0.15) is 11.6 Å². The Balaban J connectivity index is 2.03. The van der Waals surface area contributed by atoms with E-state index in [4.69, 9.17) is 4.74 Å². The van der Waals surface area contributed by atoms with E-state index in [1.165, 1.54) is 19.1 Å². The van der Waals surface area contributed by atoms with E-state index < -0.39 is 5.82 Å². The van der Waals surface area contributed by atoms with Gasteiger partial charge in [-0.2, -0.15) is 0 Å². The lowest BCUT2D eigenvalue weighted by Crippen LogP contribution is -2.02. The van der Waals surface area contributed by atoms with Crippen molar-refractivity contribution in [1.82, 2.24) is 0 Å². The van der Waals surface area contributed by atoms with E-state index in [-0.39, 0.29) is 11.3 Å². The van der Waals surface area contributed by atoms with Gasteiger partial charge in [-0.1, -0.05) is 12.1 Å². The van der Waals surface area contributed by atoms with Crippen molar-refractivity contribution in [3.63, 3.8) is 0 Å². The normalized spacial score (nSPS) is 10.2. The molecule has 4 heteroatoms. The molecular formula is C16H16FNO2. The van der Waals surface area contributed by atoms with Crippen LogP contribution in [0.2, 0.25) is 0 Å². The summed E-state index contributed by atoms with van der Waals surface area (Å²) in [5.41, 5.74) is 1.81. The molecule has 0 aliphatic carbocycles. The van der Waals surface area contributed by atoms with Gasteiger partial charge in [-0.25, -0.2) is 4.39 Å². The van der Waals surface area contributed by atoms with Gasteiger partial charge in [-0.05, 0) is 42.8 Å². The molecule has 3 nitrogen and oxygen atoms in total. The van der Waals surface area contributed by atoms with Crippen molar-refractivity contribution < 1.29 is 13.9 Å². The van der Waals surface area contributed by atoms with Crippen LogP contribution in [0.3, 0.4) is 0 Å². The lowest BCUT2D eigenvalue weighted by atomic mass is 10.1. The Morgan fingerprint density at radius 1 is 1.20 bits per heavy atom. The first-order valence-electron chi connectivity index (χ1n) is 6.27. The minimum absolute atomic E-state index is 0.111. The van der Waals surface area contributed by atoms with Crippen LogP contribution in [-0.2, 0) is 6.54 Å². The Hall–Kier alpha value is -2.36. The van der Waals surface area contributed by atoms with Crippen molar-refractivity contribution in [3.05, 3.63) is 59.4 Å². The van der Waals surface area contributed by atoms with Crippen LogP contribution in [0.15, 0.2) is 42.5 Å². The number of methoxy groups -OCH3 is 1. The Bertz CT molecular complexity index is 608. The minimum Gasteiger partial charge on any atom is -0.497 e. The van der Waals surface area contributed by atoms with Crippen LogP contribution >= 0.6 is 0 Å². The summed E-state index contributed by atoms with van der Waals surface area (Å²) in [6, 6.07) is 12.1. The molecule has 0 aliphatic rings. The predicted octanol–water partition coefficient (Wildman–Crippen LogP) is 3.65. The van der Waals surface area contributed by atoms with Crippen LogP contribution < -0.4 is 10.1 Å². The number of hydrogen-bond acceptors (Lipinski definition) is 3. The van der Waals surface area contributed by atoms with Crippen LogP contribution in [0, 0.1) is 5.82 Å². The maximum Gasteiger partial charge on any atom is 0.162 e. The fourth-order valence-corrected chi connectivity index (χ4v) is 1.86. The first kappa shape index (κ1) is 14.1. The number of benzene rings is 2. The zero-order valence-electron chi connectivity index (χ0n) is 11.4. The molecule has 0 amide bonds. The van der Waals surface area contributed by atoms with Crippen molar-refractivity contribution in [1.29, 1.82) is 0 Å². The highest BCUT2D eigenvalue weighted by atomic mass is 19.1. The Kier molecular flexibility index (Phi) is 4.35. The molecule has 0 atom stereocenters. The monoisotopic (exact) mass is 273 g/mol. The molecule has 0 radical (unpaired) electrons. The average Bonchev–Trinajstić information content (AvgIpc) is 2.45. The van der Waals surface area contributed by atoms with E-state index in [2.05, 4.69) is 5.32 Å². The predicted molar refractivity (Wildman–Crippen MR) is 76.7 cm³/mol. The molecule has 0 heterocycles. The standard InChI is InChI=1S/C16H16FNO2/c1-11(19)15-8-5-13(9-16(15)17)18-10-12-3-6-14(20-2)7-4-12/h3-9,18H,10H2,1-2H3. The smallest absolute Gasteiger partial charge is 0.162 e. The SMILES string of the molecule is COc1ccc(CNc2ccc(C(C)=O)c(F)c2)cc1. The van der Waals surface area contributed by atoms with Gasteiger partial charge in [0.25, 0.3) is 0 Å². The number of ether oxygens (including phenoxy) is 1. The van der Waals surface area contributed by atoms with Crippen molar-refractivity contribution in [3.8, 4) is 5.75 Å². The number of nitrogens with one attached hydrogen (secondary N) is 1. The first-order valence-corrected chi connectivity index (χ1v) is 6.27. The van der Waals surface area contributed by atoms with Gasteiger partial charge in [0.15, 0.2) is 5.78 Å². The highest BCUT2D eigenvalue weighted by molar-refractivity contribution is 5.94. The van der Waals surface area contributed by atoms with E-state index in [0.717, 1.165) is 11.3 Å². The number of Topliss-reactive ketones (excluding diaryl/α,β-unsaturated/α-hetero) is 1. The van der Waals surface area contributed by atoms with Gasteiger partial charge < -0.3 is 10.1 Å². The fraction of sp³-hybridized carbons (Fsp3) is 0.188. The molecule has 104 valence electrons. The van der Waals surface area contributed by atoms with Gasteiger partial charge in [-0.3, -0.25) is 4.79 Å². The number of anilines is 1. The second kappa shape index (κ2) is 6.19. The summed E-state index contributed by atoms with van der Waals surface area (Å²) in [6.07, 6.45) is 0. The van der Waals surface area contributed by atoms with E-state index in [1.807, 2.05) is 24.3 Å². The van der Waals surface area contributed by atoms with Crippen molar-refractivity contribution >= 4 is 11.5 Å². The van der Waals surface area contributed by atoms with Gasteiger partial charge in [0, 0.05) is 12.2 Å². The molecule has 0 saturated heterocycles. The van der Waals surface area contributed by atoms with Crippen LogP contribution in [0.25, 0.3) is 0 Å². The number of halogens is 1. The number of hydrogen-bond donors (Lipinski definition) is 1. The highest BCUT2D eigenvalue weighted by Crippen LogP contribution is 2.17. The van der Waals surface area contributed by atoms with Crippen molar-refractivity contribution in [2.45, 2.75) is 13.5 Å². The molecule has 2 aromatic rings. The summed E-state index contributed by atoms with van der Waals surface area (Å²) in [4.78, 5) is 11.1. The maximum atomic E-state index is 13.6. The fourth-order valence-electron chi connectivity index (χ4n) is 1.86. The van der Waals surface area contributed by atoms with E-state index >= 15 is 0 Å². The summed E-state index contributed by atoms with van der Waals surface area (Å²) >= 11 is 0. The quantitative estimate of drug-likeness (QED) is 0.845. The zero-order valence-corrected chi connectivity index (χ0v) is 11.4. The maximum absolute atomic E-state index is 13.6. The van der Waals surface area contributed by atoms with Crippen LogP contribution in [0.1, 0.15) is 22.8 Å². The average molecular weight is 273 g/mol. The number of carbonyl (C=O) groups is 1. The van der Waals surface area contributed by atoms with Crippen molar-refractivity contribution in [2.75, 3.05) is 12.4 Å². The van der Waals surface area contributed by atoms with Crippen LogP contribution in [-0.4, -0.2) is 12.9 Å². The Morgan fingerprint density at radius 3 is 2.45 bits per heavy atom. The molecule has 2 rings (SSSR count). The molecule has 2 aromatic carbocycles. The minimum atomic E-state index is -0.503. The third-order valence-corrected chi connectivity index (χ3v) is 3.00. The second-order valence-corrected chi connectivity index (χ2v) is 4.45. The molecule has 0 bridgehead atoms. The molecule has 20 heavy (non-hydrogen) atoms. The van der Waals surface area contributed by atoms with Crippen LogP contribution in [0.5, 0.6) is 5.75 Å². The summed E-state index contributed by atoms with van der Waals surface area (Å²) < 4.78 is 18.7. The van der Waals surface area contributed by atoms with E-state index in [0.29, 0.717) is 12.2 Å². The van der Waals surface area contributed by atoms with Gasteiger partial charge in [0.2, 0.25) is 0 Å². The molecule has 0 aliphatic heterocycles. The molecule has 0 spiro atoms. The van der Waals surface area contributed by atoms with Gasteiger partial charge in [-0.15, -0.1) is 0 Å². The third kappa shape index (κ3) is 3.35. The Morgan fingerprint density at radius 2 is 1.90 bits per heavy atom. The lowest BCUT2D eigenvalue weighted by Gasteiger charge is -2.08. The first-order chi connectivity index (χ1) is 9.60. The molecule has 0 saturated carbocycles. The highest BCUT2D eigenvalue weighted by Gasteiger charge is 2.07.